The highest BCUT2D eigenvalue weighted by atomic mass is 16.6. The lowest BCUT2D eigenvalue weighted by Gasteiger charge is -2.41. The van der Waals surface area contributed by atoms with Gasteiger partial charge < -0.3 is 14.6 Å². The number of nitro benzene ring substituents is 1. The molecular weight excluding hydrogens is 324 g/mol. The highest BCUT2D eigenvalue weighted by Crippen LogP contribution is 2.52. The predicted octanol–water partition coefficient (Wildman–Crippen LogP) is 2.74. The summed E-state index contributed by atoms with van der Waals surface area (Å²) in [5.74, 6) is 0. The van der Waals surface area contributed by atoms with Crippen molar-refractivity contribution in [3.8, 4) is 0 Å². The average molecular weight is 348 g/mol. The molecule has 0 amide bonds. The van der Waals surface area contributed by atoms with Crippen molar-refractivity contribution in [3.63, 3.8) is 0 Å². The number of rotatable bonds is 3. The Hall–Kier alpha value is -1.54. The van der Waals surface area contributed by atoms with Crippen LogP contribution in [-0.4, -0.2) is 46.0 Å². The van der Waals surface area contributed by atoms with Crippen LogP contribution in [0.25, 0.3) is 0 Å². The zero-order valence-corrected chi connectivity index (χ0v) is 14.2. The van der Waals surface area contributed by atoms with E-state index in [0.29, 0.717) is 13.2 Å². The third-order valence-corrected chi connectivity index (χ3v) is 5.87. The summed E-state index contributed by atoms with van der Waals surface area (Å²) in [4.78, 5) is 12.7. The highest BCUT2D eigenvalue weighted by Gasteiger charge is 2.62. The first kappa shape index (κ1) is 16.9. The van der Waals surface area contributed by atoms with Crippen LogP contribution in [0, 0.1) is 10.1 Å². The van der Waals surface area contributed by atoms with E-state index in [2.05, 4.69) is 4.90 Å². The summed E-state index contributed by atoms with van der Waals surface area (Å²) < 4.78 is 12.4. The Morgan fingerprint density at radius 1 is 1.16 bits per heavy atom. The molecule has 1 saturated carbocycles. The Kier molecular flexibility index (Phi) is 4.27. The molecule has 2 aliphatic heterocycles. The Bertz CT molecular complexity index is 641. The van der Waals surface area contributed by atoms with Crippen molar-refractivity contribution in [1.29, 1.82) is 0 Å². The molecule has 3 aliphatic rings. The molecule has 25 heavy (non-hydrogen) atoms. The molecule has 2 saturated heterocycles. The van der Waals surface area contributed by atoms with Gasteiger partial charge in [-0.25, -0.2) is 4.90 Å². The third-order valence-electron chi connectivity index (χ3n) is 5.87. The minimum absolute atomic E-state index is 0.0156. The number of benzene rings is 1. The van der Waals surface area contributed by atoms with Crippen molar-refractivity contribution >= 4 is 5.69 Å². The molecule has 2 atom stereocenters. The fourth-order valence-corrected chi connectivity index (χ4v) is 4.56. The van der Waals surface area contributed by atoms with Crippen molar-refractivity contribution in [3.05, 3.63) is 39.9 Å². The second-order valence-corrected chi connectivity index (χ2v) is 7.41. The molecule has 136 valence electrons. The number of aliphatic hydroxyl groups is 1. The minimum atomic E-state index is -0.517. The average Bonchev–Trinajstić information content (AvgIpc) is 3.05. The highest BCUT2D eigenvalue weighted by molar-refractivity contribution is 5.34. The van der Waals surface area contributed by atoms with Crippen LogP contribution in [0.3, 0.4) is 0 Å². The molecule has 1 aliphatic carbocycles. The number of nitrogens with zero attached hydrogens (tertiary/aromatic N) is 2. The first-order valence-electron chi connectivity index (χ1n) is 9.01. The molecule has 0 aromatic heterocycles. The molecule has 1 aromatic rings. The van der Waals surface area contributed by atoms with Crippen molar-refractivity contribution in [2.75, 3.05) is 19.8 Å². The first-order valence-corrected chi connectivity index (χ1v) is 9.01. The van der Waals surface area contributed by atoms with Gasteiger partial charge in [-0.05, 0) is 43.4 Å². The Morgan fingerprint density at radius 2 is 1.84 bits per heavy atom. The number of hydrogen-bond donors (Lipinski definition) is 1. The van der Waals surface area contributed by atoms with Crippen molar-refractivity contribution in [2.24, 2.45) is 0 Å². The van der Waals surface area contributed by atoms with Gasteiger partial charge >= 0.3 is 0 Å². The molecule has 4 rings (SSSR count). The Balaban J connectivity index is 1.69. The van der Waals surface area contributed by atoms with E-state index in [9.17, 15) is 15.2 Å². The van der Waals surface area contributed by atoms with Crippen molar-refractivity contribution in [1.82, 2.24) is 4.90 Å². The normalized spacial score (nSPS) is 31.8. The number of fused-ring (bicyclic) bond motifs is 2. The lowest BCUT2D eigenvalue weighted by atomic mass is 9.95. The van der Waals surface area contributed by atoms with E-state index < -0.39 is 16.2 Å². The minimum Gasteiger partial charge on any atom is -0.394 e. The van der Waals surface area contributed by atoms with Crippen LogP contribution in [0.5, 0.6) is 0 Å². The SMILES string of the molecule is O=[N+]([O-])c1ccc([C@H]2OC[C@]3(CO)COC4(CCCCCC4)N23)cc1. The van der Waals surface area contributed by atoms with Gasteiger partial charge in [-0.1, -0.05) is 12.8 Å². The van der Waals surface area contributed by atoms with Gasteiger partial charge in [0.15, 0.2) is 0 Å². The lowest BCUT2D eigenvalue weighted by molar-refractivity contribution is -0.384. The molecule has 2 heterocycles. The summed E-state index contributed by atoms with van der Waals surface area (Å²) in [6.07, 6.45) is 6.13. The summed E-state index contributed by atoms with van der Waals surface area (Å²) in [5, 5.41) is 21.0. The van der Waals surface area contributed by atoms with Gasteiger partial charge in [0, 0.05) is 12.1 Å². The van der Waals surface area contributed by atoms with E-state index in [4.69, 9.17) is 9.47 Å². The van der Waals surface area contributed by atoms with E-state index in [1.807, 2.05) is 0 Å². The van der Waals surface area contributed by atoms with Crippen molar-refractivity contribution < 1.29 is 19.5 Å². The topological polar surface area (TPSA) is 85.1 Å². The molecular formula is C18H24N2O5. The largest absolute Gasteiger partial charge is 0.394 e. The summed E-state index contributed by atoms with van der Waals surface area (Å²) in [6, 6.07) is 6.51. The molecule has 1 aromatic carbocycles. The molecule has 1 N–H and O–H groups in total. The van der Waals surface area contributed by atoms with Crippen LogP contribution < -0.4 is 0 Å². The standard InChI is InChI=1S/C18H24N2O5/c21-11-17-12-24-16(14-5-7-15(8-6-14)20(22)23)19(17)18(25-13-17)9-3-1-2-4-10-18/h5-8,16,21H,1-4,9-13H2/t16-,17-/m1/s1. The van der Waals surface area contributed by atoms with E-state index in [0.717, 1.165) is 31.2 Å². The number of non-ortho nitro benzene ring substituents is 1. The zero-order chi connectivity index (χ0) is 17.5. The van der Waals surface area contributed by atoms with E-state index >= 15 is 0 Å². The second-order valence-electron chi connectivity index (χ2n) is 7.41. The summed E-state index contributed by atoms with van der Waals surface area (Å²) in [7, 11) is 0. The van der Waals surface area contributed by atoms with Gasteiger partial charge in [0.1, 0.15) is 12.0 Å². The smallest absolute Gasteiger partial charge is 0.269 e. The van der Waals surface area contributed by atoms with Gasteiger partial charge in [0.05, 0.1) is 30.3 Å². The molecule has 0 radical (unpaired) electrons. The van der Waals surface area contributed by atoms with Gasteiger partial charge in [0.25, 0.3) is 5.69 Å². The summed E-state index contributed by atoms with van der Waals surface area (Å²) in [5.41, 5.74) is 0.0194. The van der Waals surface area contributed by atoms with Crippen molar-refractivity contribution in [2.45, 2.75) is 56.0 Å². The number of hydrogen-bond acceptors (Lipinski definition) is 6. The molecule has 7 heteroatoms. The van der Waals surface area contributed by atoms with E-state index in [1.54, 1.807) is 12.1 Å². The maximum Gasteiger partial charge on any atom is 0.269 e. The summed E-state index contributed by atoms with van der Waals surface area (Å²) in [6.45, 7) is 0.859. The molecule has 0 unspecified atom stereocenters. The maximum absolute atomic E-state index is 10.9. The summed E-state index contributed by atoms with van der Waals surface area (Å²) >= 11 is 0. The van der Waals surface area contributed by atoms with Crippen LogP contribution in [0.4, 0.5) is 5.69 Å². The van der Waals surface area contributed by atoms with Gasteiger partial charge in [-0.2, -0.15) is 0 Å². The fraction of sp³-hybridized carbons (Fsp3) is 0.667. The molecule has 0 bridgehead atoms. The first-order chi connectivity index (χ1) is 12.1. The van der Waals surface area contributed by atoms with Gasteiger partial charge in [0.2, 0.25) is 0 Å². The van der Waals surface area contributed by atoms with Crippen LogP contribution in [0.1, 0.15) is 50.3 Å². The second kappa shape index (κ2) is 6.32. The molecule has 7 nitrogen and oxygen atoms in total. The predicted molar refractivity (Wildman–Crippen MR) is 89.8 cm³/mol. The Morgan fingerprint density at radius 3 is 2.44 bits per heavy atom. The van der Waals surface area contributed by atoms with E-state index in [1.165, 1.54) is 25.0 Å². The number of aliphatic hydroxyl groups excluding tert-OH is 1. The quantitative estimate of drug-likeness (QED) is 0.668. The van der Waals surface area contributed by atoms with Crippen LogP contribution in [-0.2, 0) is 9.47 Å². The van der Waals surface area contributed by atoms with E-state index in [-0.39, 0.29) is 18.5 Å². The van der Waals surface area contributed by atoms with Crippen LogP contribution in [0.15, 0.2) is 24.3 Å². The number of nitro groups is 1. The maximum atomic E-state index is 10.9. The molecule has 3 fully saturated rings. The monoisotopic (exact) mass is 348 g/mol. The zero-order valence-electron chi connectivity index (χ0n) is 14.2. The lowest BCUT2D eigenvalue weighted by Crippen LogP contribution is -2.55. The fourth-order valence-electron chi connectivity index (χ4n) is 4.56. The van der Waals surface area contributed by atoms with Gasteiger partial charge in [-0.15, -0.1) is 0 Å². The molecule has 1 spiro atoms. The van der Waals surface area contributed by atoms with Crippen LogP contribution >= 0.6 is 0 Å². The third kappa shape index (κ3) is 2.66. The Labute approximate surface area is 146 Å². The van der Waals surface area contributed by atoms with Gasteiger partial charge in [-0.3, -0.25) is 10.1 Å². The number of ether oxygens (including phenoxy) is 2. The van der Waals surface area contributed by atoms with Crippen LogP contribution in [0.2, 0.25) is 0 Å².